The van der Waals surface area contributed by atoms with Gasteiger partial charge in [-0.15, -0.1) is 0 Å². The molecule has 1 atom stereocenters. The van der Waals surface area contributed by atoms with Gasteiger partial charge in [-0.25, -0.2) is 0 Å². The topological polar surface area (TPSA) is 88.5 Å². The van der Waals surface area contributed by atoms with Crippen LogP contribution in [0.1, 0.15) is 30.5 Å². The fourth-order valence-electron chi connectivity index (χ4n) is 3.88. The van der Waals surface area contributed by atoms with Crippen LogP contribution in [0.25, 0.3) is 5.76 Å². The number of aliphatic hydroxyl groups excluding tert-OH is 1. The first-order chi connectivity index (χ1) is 16.3. The number of ketones is 1. The van der Waals surface area contributed by atoms with E-state index in [0.29, 0.717) is 48.1 Å². The minimum Gasteiger partial charge on any atom is -0.507 e. The highest BCUT2D eigenvalue weighted by Gasteiger charge is 2.47. The van der Waals surface area contributed by atoms with Crippen molar-refractivity contribution in [3.8, 4) is 17.2 Å². The van der Waals surface area contributed by atoms with Crippen LogP contribution < -0.4 is 14.2 Å². The maximum atomic E-state index is 13.2. The fourth-order valence-corrected chi connectivity index (χ4v) is 3.88. The van der Waals surface area contributed by atoms with Crippen molar-refractivity contribution < 1.29 is 28.9 Å². The lowest BCUT2D eigenvalue weighted by atomic mass is 9.94. The van der Waals surface area contributed by atoms with Crippen LogP contribution in [0.2, 0.25) is 0 Å². The lowest BCUT2D eigenvalue weighted by Gasteiger charge is -2.28. The molecule has 1 amide bonds. The van der Waals surface area contributed by atoms with E-state index in [4.69, 9.17) is 14.2 Å². The molecule has 1 heterocycles. The molecule has 182 valence electrons. The summed E-state index contributed by atoms with van der Waals surface area (Å²) in [5.41, 5.74) is 0.989. The van der Waals surface area contributed by atoms with E-state index < -0.39 is 17.7 Å². The fraction of sp³-hybridized carbons (Fsp3) is 0.385. The quantitative estimate of drug-likeness (QED) is 0.324. The van der Waals surface area contributed by atoms with Gasteiger partial charge in [0.1, 0.15) is 23.0 Å². The number of rotatable bonds is 10. The molecule has 0 saturated carbocycles. The first-order valence-corrected chi connectivity index (χ1v) is 11.2. The maximum Gasteiger partial charge on any atom is 0.295 e. The molecule has 3 rings (SSSR count). The lowest BCUT2D eigenvalue weighted by Crippen LogP contribution is -2.35. The molecule has 0 spiro atoms. The van der Waals surface area contributed by atoms with Gasteiger partial charge in [0.25, 0.3) is 11.7 Å². The number of ether oxygens (including phenoxy) is 3. The molecule has 0 radical (unpaired) electrons. The van der Waals surface area contributed by atoms with Crippen molar-refractivity contribution in [3.05, 3.63) is 59.2 Å². The third-order valence-electron chi connectivity index (χ3n) is 5.66. The summed E-state index contributed by atoms with van der Waals surface area (Å²) in [5.74, 6) is 0.0419. The molecule has 34 heavy (non-hydrogen) atoms. The van der Waals surface area contributed by atoms with E-state index in [1.54, 1.807) is 42.5 Å². The Morgan fingerprint density at radius 3 is 2.29 bits per heavy atom. The largest absolute Gasteiger partial charge is 0.507 e. The Labute approximate surface area is 200 Å². The lowest BCUT2D eigenvalue weighted by molar-refractivity contribution is -0.140. The minimum absolute atomic E-state index is 0.0116. The van der Waals surface area contributed by atoms with E-state index in [2.05, 4.69) is 0 Å². The first-order valence-electron chi connectivity index (χ1n) is 11.2. The third-order valence-corrected chi connectivity index (χ3v) is 5.66. The van der Waals surface area contributed by atoms with E-state index in [1.165, 1.54) is 19.1 Å². The molecular weight excluding hydrogens is 436 g/mol. The Bertz CT molecular complexity index is 1060. The smallest absolute Gasteiger partial charge is 0.295 e. The molecule has 1 aliphatic rings. The van der Waals surface area contributed by atoms with Gasteiger partial charge in [0.15, 0.2) is 0 Å². The predicted octanol–water partition coefficient (Wildman–Crippen LogP) is 3.48. The Morgan fingerprint density at radius 2 is 1.71 bits per heavy atom. The van der Waals surface area contributed by atoms with Gasteiger partial charge in [-0.3, -0.25) is 9.59 Å². The molecule has 1 fully saturated rings. The average Bonchev–Trinajstić information content (AvgIpc) is 3.10. The standard InChI is InChI=1S/C26H32N2O6/c1-6-15-34-18-9-7-17(8-10-18)24(29)22-23(20-16-19(32-4)11-12-21(20)33-5)28(14-13-27(2)3)26(31)25(22)30/h7-12,16,23,29H,6,13-15H2,1-5H3/b24-22+. The Hall–Kier alpha value is -3.52. The zero-order valence-electron chi connectivity index (χ0n) is 20.3. The van der Waals surface area contributed by atoms with Crippen molar-refractivity contribution in [1.29, 1.82) is 0 Å². The molecule has 2 aromatic rings. The molecule has 1 saturated heterocycles. The van der Waals surface area contributed by atoms with Gasteiger partial charge in [-0.2, -0.15) is 0 Å². The maximum absolute atomic E-state index is 13.2. The van der Waals surface area contributed by atoms with Gasteiger partial charge in [-0.1, -0.05) is 6.92 Å². The van der Waals surface area contributed by atoms with E-state index >= 15 is 0 Å². The van der Waals surface area contributed by atoms with Crippen molar-refractivity contribution in [1.82, 2.24) is 9.80 Å². The number of aliphatic hydroxyl groups is 1. The van der Waals surface area contributed by atoms with Gasteiger partial charge in [-0.05, 0) is 63.0 Å². The second-order valence-electron chi connectivity index (χ2n) is 8.28. The summed E-state index contributed by atoms with van der Waals surface area (Å²) in [6, 6.07) is 11.2. The SMILES string of the molecule is CCCOc1ccc(/C(O)=C2\C(=O)C(=O)N(CCN(C)C)C2c2cc(OC)ccc2OC)cc1. The molecule has 1 N–H and O–H groups in total. The zero-order valence-corrected chi connectivity index (χ0v) is 20.3. The monoisotopic (exact) mass is 468 g/mol. The van der Waals surface area contributed by atoms with Crippen molar-refractivity contribution >= 4 is 17.4 Å². The number of likely N-dealkylation sites (tertiary alicyclic amines) is 1. The summed E-state index contributed by atoms with van der Waals surface area (Å²) in [6.07, 6.45) is 0.875. The third kappa shape index (κ3) is 5.17. The molecule has 0 aliphatic carbocycles. The van der Waals surface area contributed by atoms with Crippen molar-refractivity contribution in [2.24, 2.45) is 0 Å². The normalized spacial score (nSPS) is 17.4. The van der Waals surface area contributed by atoms with E-state index in [-0.39, 0.29) is 11.3 Å². The molecule has 0 aromatic heterocycles. The number of hydrogen-bond donors (Lipinski definition) is 1. The van der Waals surface area contributed by atoms with Crippen molar-refractivity contribution in [2.45, 2.75) is 19.4 Å². The van der Waals surface area contributed by atoms with E-state index in [1.807, 2.05) is 25.9 Å². The summed E-state index contributed by atoms with van der Waals surface area (Å²) in [4.78, 5) is 29.7. The summed E-state index contributed by atoms with van der Waals surface area (Å²) in [7, 11) is 6.84. The number of nitrogens with zero attached hydrogens (tertiary/aromatic N) is 2. The number of carbonyl (C=O) groups is 2. The van der Waals surface area contributed by atoms with Gasteiger partial charge in [0.05, 0.1) is 32.4 Å². The molecular formula is C26H32N2O6. The van der Waals surface area contributed by atoms with Crippen LogP contribution in [-0.4, -0.2) is 74.6 Å². The van der Waals surface area contributed by atoms with Gasteiger partial charge < -0.3 is 29.1 Å². The summed E-state index contributed by atoms with van der Waals surface area (Å²) in [6.45, 7) is 3.43. The highest BCUT2D eigenvalue weighted by atomic mass is 16.5. The van der Waals surface area contributed by atoms with Crippen LogP contribution in [0, 0.1) is 0 Å². The Morgan fingerprint density at radius 1 is 1.03 bits per heavy atom. The number of hydrogen-bond acceptors (Lipinski definition) is 7. The number of Topliss-reactive ketones (excluding diaryl/α,β-unsaturated/α-hetero) is 1. The molecule has 8 heteroatoms. The zero-order chi connectivity index (χ0) is 24.8. The van der Waals surface area contributed by atoms with Gasteiger partial charge in [0.2, 0.25) is 0 Å². The predicted molar refractivity (Wildman–Crippen MR) is 129 cm³/mol. The van der Waals surface area contributed by atoms with Crippen LogP contribution in [0.3, 0.4) is 0 Å². The second kappa shape index (κ2) is 11.1. The number of benzene rings is 2. The van der Waals surface area contributed by atoms with Crippen LogP contribution in [0.5, 0.6) is 17.2 Å². The van der Waals surface area contributed by atoms with Crippen LogP contribution in [-0.2, 0) is 9.59 Å². The van der Waals surface area contributed by atoms with Crippen LogP contribution in [0.4, 0.5) is 0 Å². The number of amides is 1. The van der Waals surface area contributed by atoms with E-state index in [9.17, 15) is 14.7 Å². The van der Waals surface area contributed by atoms with Crippen LogP contribution >= 0.6 is 0 Å². The van der Waals surface area contributed by atoms with E-state index in [0.717, 1.165) is 6.42 Å². The van der Waals surface area contributed by atoms with Crippen LogP contribution in [0.15, 0.2) is 48.0 Å². The molecule has 2 aromatic carbocycles. The molecule has 0 bridgehead atoms. The number of methoxy groups -OCH3 is 2. The summed E-state index contributed by atoms with van der Waals surface area (Å²) < 4.78 is 16.5. The summed E-state index contributed by atoms with van der Waals surface area (Å²) >= 11 is 0. The molecule has 1 aliphatic heterocycles. The second-order valence-corrected chi connectivity index (χ2v) is 8.28. The average molecular weight is 469 g/mol. The van der Waals surface area contributed by atoms with Crippen molar-refractivity contribution in [2.75, 3.05) is 48.0 Å². The van der Waals surface area contributed by atoms with Gasteiger partial charge >= 0.3 is 0 Å². The minimum atomic E-state index is -0.832. The Balaban J connectivity index is 2.15. The highest BCUT2D eigenvalue weighted by Crippen LogP contribution is 2.43. The first kappa shape index (κ1) is 25.1. The molecule has 8 nitrogen and oxygen atoms in total. The molecule has 1 unspecified atom stereocenters. The summed E-state index contributed by atoms with van der Waals surface area (Å²) in [5, 5.41) is 11.2. The Kier molecular flexibility index (Phi) is 8.17. The van der Waals surface area contributed by atoms with Gasteiger partial charge in [0, 0.05) is 24.2 Å². The highest BCUT2D eigenvalue weighted by molar-refractivity contribution is 6.46. The van der Waals surface area contributed by atoms with Crippen molar-refractivity contribution in [3.63, 3.8) is 0 Å². The number of carbonyl (C=O) groups excluding carboxylic acids is 2. The number of likely N-dealkylation sites (N-methyl/N-ethyl adjacent to an activating group) is 1.